The lowest BCUT2D eigenvalue weighted by Gasteiger charge is -2.39. The Kier molecular flexibility index (Phi) is 1.99. The summed E-state index contributed by atoms with van der Waals surface area (Å²) in [4.78, 5) is 4.27. The number of para-hydroxylation sites is 1. The lowest BCUT2D eigenvalue weighted by molar-refractivity contribution is 0.0250. The molecular weight excluding hydrogens is 188 g/mol. The van der Waals surface area contributed by atoms with Gasteiger partial charge in [0.1, 0.15) is 5.60 Å². The molecule has 1 aromatic carbocycles. The molecule has 0 aliphatic carbocycles. The fourth-order valence-electron chi connectivity index (χ4n) is 2.44. The summed E-state index contributed by atoms with van der Waals surface area (Å²) in [5.41, 5.74) is 2.18. The maximum Gasteiger partial charge on any atom is 0.175 e. The van der Waals surface area contributed by atoms with Crippen molar-refractivity contribution in [2.75, 3.05) is 13.1 Å². The van der Waals surface area contributed by atoms with Crippen LogP contribution in [0.15, 0.2) is 29.3 Å². The SMILES string of the molecule is C1=Nc2ccccc2C2(CCNCC2)O1. The largest absolute Gasteiger partial charge is 0.472 e. The molecule has 0 aromatic heterocycles. The summed E-state index contributed by atoms with van der Waals surface area (Å²) in [6.45, 7) is 2.03. The Bertz CT molecular complexity index is 394. The van der Waals surface area contributed by atoms with Crippen LogP contribution in [0, 0.1) is 0 Å². The van der Waals surface area contributed by atoms with Gasteiger partial charge in [-0.15, -0.1) is 0 Å². The molecule has 0 saturated carbocycles. The summed E-state index contributed by atoms with van der Waals surface area (Å²) in [5.74, 6) is 0. The van der Waals surface area contributed by atoms with Crippen LogP contribution in [0.25, 0.3) is 0 Å². The lowest BCUT2D eigenvalue weighted by Crippen LogP contribution is -2.42. The van der Waals surface area contributed by atoms with E-state index in [2.05, 4.69) is 28.5 Å². The summed E-state index contributed by atoms with van der Waals surface area (Å²) >= 11 is 0. The molecule has 1 saturated heterocycles. The molecule has 2 heterocycles. The van der Waals surface area contributed by atoms with Crippen LogP contribution in [0.2, 0.25) is 0 Å². The summed E-state index contributed by atoms with van der Waals surface area (Å²) < 4.78 is 5.80. The van der Waals surface area contributed by atoms with Gasteiger partial charge in [-0.3, -0.25) is 0 Å². The van der Waals surface area contributed by atoms with E-state index in [9.17, 15) is 0 Å². The van der Waals surface area contributed by atoms with Crippen molar-refractivity contribution >= 4 is 12.1 Å². The molecule has 0 atom stereocenters. The van der Waals surface area contributed by atoms with Crippen molar-refractivity contribution in [3.63, 3.8) is 0 Å². The Labute approximate surface area is 89.2 Å². The topological polar surface area (TPSA) is 33.6 Å². The van der Waals surface area contributed by atoms with Gasteiger partial charge < -0.3 is 10.1 Å². The number of nitrogens with zero attached hydrogens (tertiary/aromatic N) is 1. The second-order valence-corrected chi connectivity index (χ2v) is 4.11. The van der Waals surface area contributed by atoms with Gasteiger partial charge in [-0.05, 0) is 19.2 Å². The Morgan fingerprint density at radius 1 is 1.20 bits per heavy atom. The van der Waals surface area contributed by atoms with E-state index in [0.29, 0.717) is 0 Å². The summed E-state index contributed by atoms with van der Waals surface area (Å²) in [6.07, 6.45) is 3.65. The Morgan fingerprint density at radius 3 is 2.87 bits per heavy atom. The van der Waals surface area contributed by atoms with Gasteiger partial charge in [-0.25, -0.2) is 4.99 Å². The standard InChI is InChI=1S/C12H14N2O/c1-2-4-11-10(3-1)12(15-9-14-11)5-7-13-8-6-12/h1-4,9,13H,5-8H2. The van der Waals surface area contributed by atoms with Crippen molar-refractivity contribution in [3.05, 3.63) is 29.8 Å². The quantitative estimate of drug-likeness (QED) is 0.697. The van der Waals surface area contributed by atoms with Gasteiger partial charge in [0.15, 0.2) is 6.40 Å². The fourth-order valence-corrected chi connectivity index (χ4v) is 2.44. The minimum Gasteiger partial charge on any atom is -0.472 e. The molecular formula is C12H14N2O. The highest BCUT2D eigenvalue weighted by Gasteiger charge is 2.38. The number of nitrogens with one attached hydrogen (secondary N) is 1. The average molecular weight is 202 g/mol. The van der Waals surface area contributed by atoms with Crippen LogP contribution in [0.5, 0.6) is 0 Å². The number of aliphatic imine (C=N–C) groups is 1. The molecule has 0 bridgehead atoms. The Morgan fingerprint density at radius 2 is 2.00 bits per heavy atom. The first-order chi connectivity index (χ1) is 7.41. The Hall–Kier alpha value is -1.35. The summed E-state index contributed by atoms with van der Waals surface area (Å²) in [6, 6.07) is 8.28. The van der Waals surface area contributed by atoms with Gasteiger partial charge in [0.25, 0.3) is 0 Å². The molecule has 3 nitrogen and oxygen atoms in total. The molecule has 1 fully saturated rings. The van der Waals surface area contributed by atoms with Crippen molar-refractivity contribution in [1.29, 1.82) is 0 Å². The molecule has 2 aliphatic heterocycles. The van der Waals surface area contributed by atoms with Gasteiger partial charge in [0, 0.05) is 18.4 Å². The first kappa shape index (κ1) is 8.92. The molecule has 3 heteroatoms. The minimum absolute atomic E-state index is 0.121. The van der Waals surface area contributed by atoms with Crippen molar-refractivity contribution in [2.24, 2.45) is 4.99 Å². The number of piperidine rings is 1. The Balaban J connectivity index is 2.08. The molecule has 0 radical (unpaired) electrons. The van der Waals surface area contributed by atoms with Gasteiger partial charge in [0.05, 0.1) is 5.69 Å². The monoisotopic (exact) mass is 202 g/mol. The van der Waals surface area contributed by atoms with E-state index in [1.54, 1.807) is 6.40 Å². The fraction of sp³-hybridized carbons (Fsp3) is 0.417. The average Bonchev–Trinajstić information content (AvgIpc) is 2.31. The summed E-state index contributed by atoms with van der Waals surface area (Å²) in [7, 11) is 0. The zero-order valence-electron chi connectivity index (χ0n) is 8.57. The van der Waals surface area contributed by atoms with Crippen LogP contribution in [0.4, 0.5) is 5.69 Å². The van der Waals surface area contributed by atoms with Crippen molar-refractivity contribution in [2.45, 2.75) is 18.4 Å². The van der Waals surface area contributed by atoms with Crippen LogP contribution >= 0.6 is 0 Å². The molecule has 2 aliphatic rings. The lowest BCUT2D eigenvalue weighted by atomic mass is 9.83. The number of fused-ring (bicyclic) bond motifs is 2. The van der Waals surface area contributed by atoms with E-state index < -0.39 is 0 Å². The molecule has 0 unspecified atom stereocenters. The van der Waals surface area contributed by atoms with Gasteiger partial charge >= 0.3 is 0 Å². The highest BCUT2D eigenvalue weighted by atomic mass is 16.5. The third kappa shape index (κ3) is 1.35. The van der Waals surface area contributed by atoms with E-state index in [1.807, 2.05) is 6.07 Å². The van der Waals surface area contributed by atoms with Gasteiger partial charge in [0.2, 0.25) is 0 Å². The van der Waals surface area contributed by atoms with Gasteiger partial charge in [-0.1, -0.05) is 18.2 Å². The predicted molar refractivity (Wildman–Crippen MR) is 59.5 cm³/mol. The zero-order valence-corrected chi connectivity index (χ0v) is 8.57. The smallest absolute Gasteiger partial charge is 0.175 e. The minimum atomic E-state index is -0.121. The first-order valence-electron chi connectivity index (χ1n) is 5.41. The molecule has 15 heavy (non-hydrogen) atoms. The summed E-state index contributed by atoms with van der Waals surface area (Å²) in [5, 5.41) is 3.36. The second kappa shape index (κ2) is 3.35. The first-order valence-corrected chi connectivity index (χ1v) is 5.41. The highest BCUT2D eigenvalue weighted by molar-refractivity contribution is 5.64. The molecule has 1 N–H and O–H groups in total. The van der Waals surface area contributed by atoms with Crippen molar-refractivity contribution in [1.82, 2.24) is 5.32 Å². The maximum absolute atomic E-state index is 5.80. The highest BCUT2D eigenvalue weighted by Crippen LogP contribution is 2.41. The van der Waals surface area contributed by atoms with Crippen molar-refractivity contribution < 1.29 is 4.74 Å². The zero-order chi connectivity index (χ0) is 10.1. The van der Waals surface area contributed by atoms with Crippen LogP contribution in [-0.4, -0.2) is 19.5 Å². The van der Waals surface area contributed by atoms with E-state index in [4.69, 9.17) is 4.74 Å². The van der Waals surface area contributed by atoms with E-state index in [1.165, 1.54) is 5.56 Å². The normalized spacial score (nSPS) is 22.1. The number of ether oxygens (including phenoxy) is 1. The van der Waals surface area contributed by atoms with E-state index >= 15 is 0 Å². The van der Waals surface area contributed by atoms with E-state index in [0.717, 1.165) is 31.6 Å². The maximum atomic E-state index is 5.80. The second-order valence-electron chi connectivity index (χ2n) is 4.11. The molecule has 1 spiro atoms. The van der Waals surface area contributed by atoms with Gasteiger partial charge in [-0.2, -0.15) is 0 Å². The number of hydrogen-bond acceptors (Lipinski definition) is 3. The van der Waals surface area contributed by atoms with Crippen LogP contribution in [0.3, 0.4) is 0 Å². The van der Waals surface area contributed by atoms with Crippen LogP contribution in [-0.2, 0) is 10.3 Å². The number of rotatable bonds is 0. The van der Waals surface area contributed by atoms with Crippen LogP contribution < -0.4 is 5.32 Å². The van der Waals surface area contributed by atoms with Crippen LogP contribution in [0.1, 0.15) is 18.4 Å². The predicted octanol–water partition coefficient (Wildman–Crippen LogP) is 1.96. The molecule has 3 rings (SSSR count). The number of hydrogen-bond donors (Lipinski definition) is 1. The number of benzene rings is 1. The third-order valence-corrected chi connectivity index (χ3v) is 3.28. The van der Waals surface area contributed by atoms with E-state index in [-0.39, 0.29) is 5.60 Å². The molecule has 1 aromatic rings. The third-order valence-electron chi connectivity index (χ3n) is 3.28. The molecule has 0 amide bonds. The van der Waals surface area contributed by atoms with Crippen molar-refractivity contribution in [3.8, 4) is 0 Å². The molecule has 78 valence electrons.